The van der Waals surface area contributed by atoms with Gasteiger partial charge in [-0.2, -0.15) is 0 Å². The van der Waals surface area contributed by atoms with E-state index in [-0.39, 0.29) is 25.2 Å². The van der Waals surface area contributed by atoms with Crippen molar-refractivity contribution in [3.63, 3.8) is 0 Å². The molecule has 1 atom stereocenters. The van der Waals surface area contributed by atoms with Crippen LogP contribution in [-0.4, -0.2) is 80.5 Å². The first-order valence-corrected chi connectivity index (χ1v) is 5.65. The molecule has 106 valence electrons. The number of nitrogens with zero attached hydrogens (tertiary/aromatic N) is 2. The minimum absolute atomic E-state index is 0.104. The van der Waals surface area contributed by atoms with Gasteiger partial charge < -0.3 is 24.4 Å². The Kier molecular flexibility index (Phi) is 8.06. The lowest BCUT2D eigenvalue weighted by Crippen LogP contribution is -2.47. The summed E-state index contributed by atoms with van der Waals surface area (Å²) < 4.78 is 9.92. The van der Waals surface area contributed by atoms with E-state index in [1.165, 1.54) is 16.9 Å². The molecular weight excluding hydrogens is 240 g/mol. The summed E-state index contributed by atoms with van der Waals surface area (Å²) in [7, 11) is 4.67. The van der Waals surface area contributed by atoms with E-state index in [4.69, 9.17) is 14.6 Å². The third kappa shape index (κ3) is 6.41. The summed E-state index contributed by atoms with van der Waals surface area (Å²) in [5.41, 5.74) is 0. The first-order valence-electron chi connectivity index (χ1n) is 5.65. The molecule has 0 saturated heterocycles. The molecule has 0 rings (SSSR count). The fourth-order valence-electron chi connectivity index (χ4n) is 1.39. The fraction of sp³-hybridized carbons (Fsp3) is 0.818. The van der Waals surface area contributed by atoms with Crippen LogP contribution in [0.15, 0.2) is 0 Å². The predicted molar refractivity (Wildman–Crippen MR) is 65.6 cm³/mol. The van der Waals surface area contributed by atoms with Crippen LogP contribution < -0.4 is 0 Å². The summed E-state index contributed by atoms with van der Waals surface area (Å²) in [6.45, 7) is 2.44. The van der Waals surface area contributed by atoms with Crippen molar-refractivity contribution in [2.75, 3.05) is 47.5 Å². The molecule has 0 spiro atoms. The van der Waals surface area contributed by atoms with Crippen molar-refractivity contribution in [1.82, 2.24) is 9.80 Å². The predicted octanol–water partition coefficient (Wildman–Crippen LogP) is 0.106. The van der Waals surface area contributed by atoms with Gasteiger partial charge in [0.1, 0.15) is 6.54 Å². The molecule has 18 heavy (non-hydrogen) atoms. The lowest BCUT2D eigenvalue weighted by molar-refractivity contribution is -0.137. The lowest BCUT2D eigenvalue weighted by atomic mass is 10.4. The molecule has 7 heteroatoms. The van der Waals surface area contributed by atoms with Crippen molar-refractivity contribution >= 4 is 12.0 Å². The molecule has 2 amide bonds. The van der Waals surface area contributed by atoms with E-state index in [9.17, 15) is 9.59 Å². The molecule has 0 aliphatic heterocycles. The molecule has 0 bridgehead atoms. The van der Waals surface area contributed by atoms with Crippen LogP contribution in [0.4, 0.5) is 4.79 Å². The van der Waals surface area contributed by atoms with Gasteiger partial charge in [-0.1, -0.05) is 0 Å². The SMILES string of the molecule is COCCN(CC(=O)O)C(=O)N(C)CC(C)OC. The molecule has 7 nitrogen and oxygen atoms in total. The lowest BCUT2D eigenvalue weighted by Gasteiger charge is -2.28. The Morgan fingerprint density at radius 3 is 2.39 bits per heavy atom. The second-order valence-electron chi connectivity index (χ2n) is 4.02. The molecular formula is C11H22N2O5. The van der Waals surface area contributed by atoms with E-state index in [1.54, 1.807) is 14.2 Å². The third-order valence-electron chi connectivity index (χ3n) is 2.42. The van der Waals surface area contributed by atoms with Crippen molar-refractivity contribution in [1.29, 1.82) is 0 Å². The molecule has 0 aromatic rings. The number of rotatable bonds is 8. The Morgan fingerprint density at radius 2 is 1.94 bits per heavy atom. The van der Waals surface area contributed by atoms with Crippen LogP contribution in [0.25, 0.3) is 0 Å². The van der Waals surface area contributed by atoms with E-state index in [2.05, 4.69) is 0 Å². The number of likely N-dealkylation sites (N-methyl/N-ethyl adjacent to an activating group) is 1. The van der Waals surface area contributed by atoms with Gasteiger partial charge in [-0.3, -0.25) is 4.79 Å². The molecule has 0 fully saturated rings. The standard InChI is InChI=1S/C11H22N2O5/c1-9(18-4)7-12(2)11(16)13(5-6-17-3)8-10(14)15/h9H,5-8H2,1-4H3,(H,14,15). The highest BCUT2D eigenvalue weighted by Crippen LogP contribution is 2.00. The van der Waals surface area contributed by atoms with Crippen LogP contribution in [0.2, 0.25) is 0 Å². The quantitative estimate of drug-likeness (QED) is 0.671. The minimum Gasteiger partial charge on any atom is -0.480 e. The molecule has 0 heterocycles. The van der Waals surface area contributed by atoms with Crippen LogP contribution >= 0.6 is 0 Å². The maximum atomic E-state index is 12.0. The normalized spacial score (nSPS) is 12.0. The van der Waals surface area contributed by atoms with Crippen molar-refractivity contribution in [2.45, 2.75) is 13.0 Å². The number of aliphatic carboxylic acids is 1. The largest absolute Gasteiger partial charge is 0.480 e. The zero-order chi connectivity index (χ0) is 14.1. The third-order valence-corrected chi connectivity index (χ3v) is 2.42. The average Bonchev–Trinajstić information content (AvgIpc) is 2.32. The van der Waals surface area contributed by atoms with Gasteiger partial charge in [0.05, 0.1) is 12.7 Å². The number of hydrogen-bond donors (Lipinski definition) is 1. The van der Waals surface area contributed by atoms with Crippen LogP contribution in [0.1, 0.15) is 6.92 Å². The van der Waals surface area contributed by atoms with Gasteiger partial charge in [-0.25, -0.2) is 4.79 Å². The second-order valence-corrected chi connectivity index (χ2v) is 4.02. The topological polar surface area (TPSA) is 79.3 Å². The summed E-state index contributed by atoms with van der Waals surface area (Å²) >= 11 is 0. The molecule has 0 saturated carbocycles. The van der Waals surface area contributed by atoms with E-state index in [1.807, 2.05) is 6.92 Å². The molecule has 0 aromatic carbocycles. The number of carboxylic acid groups (broad SMARTS) is 1. The van der Waals surface area contributed by atoms with Gasteiger partial charge in [0.25, 0.3) is 0 Å². The Labute approximate surface area is 107 Å². The Balaban J connectivity index is 4.46. The minimum atomic E-state index is -1.05. The number of carbonyl (C=O) groups is 2. The van der Waals surface area contributed by atoms with Gasteiger partial charge in [-0.05, 0) is 6.92 Å². The van der Waals surface area contributed by atoms with E-state index in [0.717, 1.165) is 0 Å². The van der Waals surface area contributed by atoms with Gasteiger partial charge >= 0.3 is 12.0 Å². The van der Waals surface area contributed by atoms with Crippen LogP contribution in [0.5, 0.6) is 0 Å². The maximum absolute atomic E-state index is 12.0. The summed E-state index contributed by atoms with van der Waals surface area (Å²) in [6.07, 6.45) is -0.104. The summed E-state index contributed by atoms with van der Waals surface area (Å²) in [6, 6.07) is -0.349. The summed E-state index contributed by atoms with van der Waals surface area (Å²) in [5, 5.41) is 8.76. The number of methoxy groups -OCH3 is 2. The van der Waals surface area contributed by atoms with E-state index in [0.29, 0.717) is 13.2 Å². The molecule has 1 unspecified atom stereocenters. The highest BCUT2D eigenvalue weighted by molar-refractivity contribution is 5.80. The van der Waals surface area contributed by atoms with E-state index < -0.39 is 5.97 Å². The smallest absolute Gasteiger partial charge is 0.323 e. The highest BCUT2D eigenvalue weighted by atomic mass is 16.5. The van der Waals surface area contributed by atoms with Crippen LogP contribution in [0, 0.1) is 0 Å². The Morgan fingerprint density at radius 1 is 1.33 bits per heavy atom. The highest BCUT2D eigenvalue weighted by Gasteiger charge is 2.21. The number of amides is 2. The van der Waals surface area contributed by atoms with Crippen LogP contribution in [-0.2, 0) is 14.3 Å². The van der Waals surface area contributed by atoms with Gasteiger partial charge in [0, 0.05) is 34.4 Å². The molecule has 0 radical (unpaired) electrons. The number of ether oxygens (including phenoxy) is 2. The number of urea groups is 1. The van der Waals surface area contributed by atoms with Crippen molar-refractivity contribution in [3.8, 4) is 0 Å². The molecule has 0 aliphatic rings. The number of hydrogen-bond acceptors (Lipinski definition) is 4. The fourth-order valence-corrected chi connectivity index (χ4v) is 1.39. The van der Waals surface area contributed by atoms with Crippen molar-refractivity contribution in [3.05, 3.63) is 0 Å². The maximum Gasteiger partial charge on any atom is 0.323 e. The van der Waals surface area contributed by atoms with Crippen molar-refractivity contribution < 1.29 is 24.2 Å². The summed E-state index contributed by atoms with van der Waals surface area (Å²) in [5.74, 6) is -1.05. The first-order chi connectivity index (χ1) is 8.42. The average molecular weight is 262 g/mol. The van der Waals surface area contributed by atoms with Gasteiger partial charge in [0.2, 0.25) is 0 Å². The van der Waals surface area contributed by atoms with Crippen LogP contribution in [0.3, 0.4) is 0 Å². The molecule has 0 aliphatic carbocycles. The first kappa shape index (κ1) is 16.7. The van der Waals surface area contributed by atoms with Gasteiger partial charge in [-0.15, -0.1) is 0 Å². The summed E-state index contributed by atoms with van der Waals surface area (Å²) in [4.78, 5) is 25.4. The number of carboxylic acids is 1. The van der Waals surface area contributed by atoms with E-state index >= 15 is 0 Å². The second kappa shape index (κ2) is 8.71. The van der Waals surface area contributed by atoms with Gasteiger partial charge in [0.15, 0.2) is 0 Å². The zero-order valence-corrected chi connectivity index (χ0v) is 11.4. The Hall–Kier alpha value is -1.34. The zero-order valence-electron chi connectivity index (χ0n) is 11.4. The Bertz CT molecular complexity index is 272. The number of carbonyl (C=O) groups excluding carboxylic acids is 1. The molecule has 1 N–H and O–H groups in total. The molecule has 0 aromatic heterocycles. The van der Waals surface area contributed by atoms with Crippen molar-refractivity contribution in [2.24, 2.45) is 0 Å². The monoisotopic (exact) mass is 262 g/mol.